The fraction of sp³-hybridized carbons (Fsp3) is 0.667. The van der Waals surface area contributed by atoms with E-state index in [1.807, 2.05) is 0 Å². The number of aliphatic hydroxyl groups excluding tert-OH is 1. The van der Waals surface area contributed by atoms with Gasteiger partial charge >= 0.3 is 17.6 Å². The van der Waals surface area contributed by atoms with E-state index in [1.165, 1.54) is 11.5 Å². The molecular formula is C18H26N2O7S. The average molecular weight is 414 g/mol. The van der Waals surface area contributed by atoms with Crippen LogP contribution in [0.2, 0.25) is 0 Å². The lowest BCUT2D eigenvalue weighted by Gasteiger charge is -2.17. The minimum Gasteiger partial charge on any atom is -0.460 e. The smallest absolute Gasteiger partial charge is 0.350 e. The lowest BCUT2D eigenvalue weighted by Crippen LogP contribution is -2.29. The number of carbonyl (C=O) groups excluding carboxylic acids is 2. The van der Waals surface area contributed by atoms with Crippen LogP contribution in [0.5, 0.6) is 0 Å². The second kappa shape index (κ2) is 9.06. The van der Waals surface area contributed by atoms with Gasteiger partial charge in [-0.3, -0.25) is 14.2 Å². The zero-order valence-electron chi connectivity index (χ0n) is 16.6. The fourth-order valence-corrected chi connectivity index (χ4v) is 3.33. The van der Waals surface area contributed by atoms with Gasteiger partial charge in [0.05, 0.1) is 12.0 Å². The van der Waals surface area contributed by atoms with Crippen molar-refractivity contribution in [1.82, 2.24) is 9.55 Å². The first-order valence-electron chi connectivity index (χ1n) is 8.86. The first-order chi connectivity index (χ1) is 13.0. The number of esters is 2. The summed E-state index contributed by atoms with van der Waals surface area (Å²) in [6.07, 6.45) is -0.199. The van der Waals surface area contributed by atoms with Crippen LogP contribution in [0.25, 0.3) is 0 Å². The summed E-state index contributed by atoms with van der Waals surface area (Å²) in [5.41, 5.74) is -0.439. The third-order valence-electron chi connectivity index (χ3n) is 4.07. The Balaban J connectivity index is 2.08. The third kappa shape index (κ3) is 5.55. The number of nitrogens with zero attached hydrogens (tertiary/aromatic N) is 2. The molecule has 1 N–H and O–H groups in total. The van der Waals surface area contributed by atoms with E-state index in [0.29, 0.717) is 10.6 Å². The SMILES string of the molecule is CC(=O)O[C@H]1C[C@H](n2cc(C)c(SCOC(=O)C(C)(C)C)nc2=O)O[C@@H]1CO. The number of aliphatic hydroxyl groups is 1. The molecule has 0 aromatic carbocycles. The van der Waals surface area contributed by atoms with Crippen LogP contribution in [-0.4, -0.2) is 51.3 Å². The molecule has 9 nitrogen and oxygen atoms in total. The maximum atomic E-state index is 12.4. The highest BCUT2D eigenvalue weighted by Crippen LogP contribution is 2.30. The summed E-state index contributed by atoms with van der Waals surface area (Å²) >= 11 is 1.15. The molecule has 3 atom stereocenters. The van der Waals surface area contributed by atoms with Crippen molar-refractivity contribution in [2.45, 2.75) is 64.5 Å². The lowest BCUT2D eigenvalue weighted by atomic mass is 9.98. The lowest BCUT2D eigenvalue weighted by molar-refractivity contribution is -0.151. The summed E-state index contributed by atoms with van der Waals surface area (Å²) in [6.45, 7) is 8.00. The van der Waals surface area contributed by atoms with Gasteiger partial charge in [0, 0.05) is 19.5 Å². The molecular weight excluding hydrogens is 388 g/mol. The molecule has 28 heavy (non-hydrogen) atoms. The molecule has 0 amide bonds. The summed E-state index contributed by atoms with van der Waals surface area (Å²) < 4.78 is 17.3. The van der Waals surface area contributed by atoms with E-state index in [0.717, 1.165) is 11.8 Å². The van der Waals surface area contributed by atoms with Crippen LogP contribution in [0.1, 0.15) is 45.9 Å². The van der Waals surface area contributed by atoms with Crippen LogP contribution >= 0.6 is 11.8 Å². The van der Waals surface area contributed by atoms with Gasteiger partial charge in [0.1, 0.15) is 29.4 Å². The summed E-state index contributed by atoms with van der Waals surface area (Å²) in [4.78, 5) is 39.5. The summed E-state index contributed by atoms with van der Waals surface area (Å²) in [6, 6.07) is 0. The summed E-state index contributed by atoms with van der Waals surface area (Å²) in [7, 11) is 0. The highest BCUT2D eigenvalue weighted by molar-refractivity contribution is 7.99. The molecule has 2 rings (SSSR count). The molecule has 0 bridgehead atoms. The van der Waals surface area contributed by atoms with Gasteiger partial charge in [-0.1, -0.05) is 11.8 Å². The molecule has 0 radical (unpaired) electrons. The highest BCUT2D eigenvalue weighted by Gasteiger charge is 2.38. The van der Waals surface area contributed by atoms with Crippen molar-refractivity contribution in [3.05, 3.63) is 22.2 Å². The van der Waals surface area contributed by atoms with Crippen LogP contribution in [0.4, 0.5) is 0 Å². The molecule has 1 aromatic heterocycles. The van der Waals surface area contributed by atoms with Crippen molar-refractivity contribution in [1.29, 1.82) is 0 Å². The Hall–Kier alpha value is -1.91. The van der Waals surface area contributed by atoms with E-state index in [2.05, 4.69) is 4.98 Å². The van der Waals surface area contributed by atoms with Gasteiger partial charge < -0.3 is 19.3 Å². The maximum Gasteiger partial charge on any atom is 0.350 e. The van der Waals surface area contributed by atoms with E-state index in [9.17, 15) is 19.5 Å². The Bertz CT molecular complexity index is 787. The molecule has 2 heterocycles. The summed E-state index contributed by atoms with van der Waals surface area (Å²) in [5.74, 6) is -0.767. The minimum atomic E-state index is -0.702. The van der Waals surface area contributed by atoms with Crippen molar-refractivity contribution in [3.63, 3.8) is 0 Å². The van der Waals surface area contributed by atoms with Gasteiger partial charge in [-0.2, -0.15) is 4.98 Å². The predicted molar refractivity (Wildman–Crippen MR) is 101 cm³/mol. The molecule has 1 saturated heterocycles. The zero-order valence-corrected chi connectivity index (χ0v) is 17.4. The number of ether oxygens (including phenoxy) is 3. The van der Waals surface area contributed by atoms with Crippen molar-refractivity contribution in [2.75, 3.05) is 12.5 Å². The Morgan fingerprint density at radius 1 is 1.43 bits per heavy atom. The Morgan fingerprint density at radius 2 is 2.11 bits per heavy atom. The first-order valence-corrected chi connectivity index (χ1v) is 9.84. The molecule has 0 aliphatic carbocycles. The van der Waals surface area contributed by atoms with Crippen LogP contribution in [0.3, 0.4) is 0 Å². The molecule has 1 aliphatic heterocycles. The topological polar surface area (TPSA) is 117 Å². The minimum absolute atomic E-state index is 0.0500. The molecule has 1 aliphatic rings. The normalized spacial score (nSPS) is 22.1. The molecule has 1 fully saturated rings. The van der Waals surface area contributed by atoms with Gasteiger partial charge in [-0.15, -0.1) is 0 Å². The quantitative estimate of drug-likeness (QED) is 0.319. The van der Waals surface area contributed by atoms with E-state index < -0.39 is 35.5 Å². The van der Waals surface area contributed by atoms with Gasteiger partial charge in [0.15, 0.2) is 0 Å². The molecule has 0 spiro atoms. The Morgan fingerprint density at radius 3 is 2.68 bits per heavy atom. The van der Waals surface area contributed by atoms with E-state index >= 15 is 0 Å². The Kier molecular flexibility index (Phi) is 7.24. The molecule has 1 aromatic rings. The second-order valence-corrected chi connectivity index (χ2v) is 8.47. The Labute approximate surface area is 167 Å². The number of rotatable bonds is 6. The molecule has 0 unspecified atom stereocenters. The van der Waals surface area contributed by atoms with E-state index in [1.54, 1.807) is 33.9 Å². The van der Waals surface area contributed by atoms with Crippen molar-refractivity contribution in [2.24, 2.45) is 5.41 Å². The van der Waals surface area contributed by atoms with Gasteiger partial charge in [0.25, 0.3) is 0 Å². The highest BCUT2D eigenvalue weighted by atomic mass is 32.2. The first kappa shape index (κ1) is 22.4. The van der Waals surface area contributed by atoms with Crippen molar-refractivity contribution >= 4 is 23.7 Å². The summed E-state index contributed by atoms with van der Waals surface area (Å²) in [5, 5.41) is 9.87. The number of carbonyl (C=O) groups is 2. The van der Waals surface area contributed by atoms with Crippen LogP contribution in [0.15, 0.2) is 16.0 Å². The van der Waals surface area contributed by atoms with Crippen molar-refractivity contribution < 1.29 is 28.9 Å². The van der Waals surface area contributed by atoms with E-state index in [-0.39, 0.29) is 24.9 Å². The largest absolute Gasteiger partial charge is 0.460 e. The van der Waals surface area contributed by atoms with Crippen LogP contribution < -0.4 is 5.69 Å². The van der Waals surface area contributed by atoms with Crippen LogP contribution in [-0.2, 0) is 23.8 Å². The fourth-order valence-electron chi connectivity index (χ4n) is 2.63. The number of aromatic nitrogens is 2. The second-order valence-electron chi connectivity index (χ2n) is 7.56. The molecule has 10 heteroatoms. The van der Waals surface area contributed by atoms with Gasteiger partial charge in [-0.05, 0) is 33.3 Å². The number of thioether (sulfide) groups is 1. The number of aryl methyl sites for hydroxylation is 1. The third-order valence-corrected chi connectivity index (χ3v) is 5.00. The predicted octanol–water partition coefficient (Wildman–Crippen LogP) is 1.40. The van der Waals surface area contributed by atoms with E-state index in [4.69, 9.17) is 14.2 Å². The molecule has 156 valence electrons. The molecule has 0 saturated carbocycles. The monoisotopic (exact) mass is 414 g/mol. The zero-order chi connectivity index (χ0) is 21.1. The van der Waals surface area contributed by atoms with Crippen molar-refractivity contribution in [3.8, 4) is 0 Å². The maximum absolute atomic E-state index is 12.4. The standard InChI is InChI=1S/C18H26N2O7S/c1-10-7-20(14-6-12(26-11(2)22)13(8-21)27-14)17(24)19-15(10)28-9-25-16(23)18(3,4)5/h7,12-14,21H,6,8-9H2,1-5H3/t12-,13+,14+/m0/s1. The number of hydrogen-bond acceptors (Lipinski definition) is 9. The number of hydrogen-bond donors (Lipinski definition) is 1. The van der Waals surface area contributed by atoms with Gasteiger partial charge in [0.2, 0.25) is 0 Å². The van der Waals surface area contributed by atoms with Crippen LogP contribution in [0, 0.1) is 12.3 Å². The van der Waals surface area contributed by atoms with Gasteiger partial charge in [-0.25, -0.2) is 4.79 Å². The average Bonchev–Trinajstić information content (AvgIpc) is 2.98.